The summed E-state index contributed by atoms with van der Waals surface area (Å²) >= 11 is 0. The van der Waals surface area contributed by atoms with Gasteiger partial charge in [0.1, 0.15) is 5.60 Å². The Balaban J connectivity index is 2.48. The van der Waals surface area contributed by atoms with Crippen molar-refractivity contribution in [3.8, 4) is 0 Å². The first-order valence-corrected chi connectivity index (χ1v) is 8.68. The first-order chi connectivity index (χ1) is 9.99. The van der Waals surface area contributed by atoms with Crippen molar-refractivity contribution in [2.75, 3.05) is 30.4 Å². The third-order valence-electron chi connectivity index (χ3n) is 2.56. The Labute approximate surface area is 131 Å². The van der Waals surface area contributed by atoms with Gasteiger partial charge in [-0.3, -0.25) is 0 Å². The Hall–Kier alpha value is -1.96. The van der Waals surface area contributed by atoms with Crippen LogP contribution in [0, 0.1) is 0 Å². The second-order valence-corrected chi connectivity index (χ2v) is 7.89. The number of carbonyl (C=O) groups excluding carboxylic acids is 1. The predicted molar refractivity (Wildman–Crippen MR) is 86.7 cm³/mol. The summed E-state index contributed by atoms with van der Waals surface area (Å²) in [5.41, 5.74) is 6.21. The first-order valence-electron chi connectivity index (χ1n) is 6.79. The van der Waals surface area contributed by atoms with Crippen LogP contribution >= 0.6 is 0 Å². The number of nitrogens with two attached hydrogens (primary N) is 1. The number of benzene rings is 1. The fourth-order valence-electron chi connectivity index (χ4n) is 1.61. The lowest BCUT2D eigenvalue weighted by molar-refractivity contribution is 0.0530. The van der Waals surface area contributed by atoms with Crippen molar-refractivity contribution in [2.45, 2.75) is 31.3 Å². The number of amides is 1. The van der Waals surface area contributed by atoms with Gasteiger partial charge in [0.05, 0.1) is 16.3 Å². The fraction of sp³-hybridized carbons (Fsp3) is 0.500. The van der Waals surface area contributed by atoms with Gasteiger partial charge in [0.2, 0.25) is 0 Å². The maximum absolute atomic E-state index is 11.4. The molecule has 0 aliphatic carbocycles. The minimum absolute atomic E-state index is 0.169. The van der Waals surface area contributed by atoms with E-state index in [1.807, 2.05) is 0 Å². The third kappa shape index (κ3) is 6.21. The van der Waals surface area contributed by atoms with E-state index < -0.39 is 21.5 Å². The van der Waals surface area contributed by atoms with Crippen molar-refractivity contribution in [2.24, 2.45) is 0 Å². The molecule has 22 heavy (non-hydrogen) atoms. The molecule has 4 N–H and O–H groups in total. The standard InChI is InChI=1S/C14H23N3O4S/c1-14(2,3)21-13(18)17-8-7-16-12-6-5-10(9-11(12)15)22(4,19)20/h5-6,9,16H,7-8,15H2,1-4H3,(H,17,18). The van der Waals surface area contributed by atoms with Crippen LogP contribution in [0.1, 0.15) is 20.8 Å². The quantitative estimate of drug-likeness (QED) is 0.559. The van der Waals surface area contributed by atoms with E-state index in [0.717, 1.165) is 6.26 Å². The Kier molecular flexibility index (Phi) is 5.65. The Morgan fingerprint density at radius 3 is 2.41 bits per heavy atom. The molecule has 0 aromatic heterocycles. The Morgan fingerprint density at radius 2 is 1.91 bits per heavy atom. The van der Waals surface area contributed by atoms with Crippen LogP contribution in [0.25, 0.3) is 0 Å². The van der Waals surface area contributed by atoms with E-state index in [1.165, 1.54) is 12.1 Å². The highest BCUT2D eigenvalue weighted by molar-refractivity contribution is 7.90. The van der Waals surface area contributed by atoms with Gasteiger partial charge in [-0.2, -0.15) is 0 Å². The number of nitrogen functional groups attached to an aromatic ring is 1. The van der Waals surface area contributed by atoms with Gasteiger partial charge in [-0.05, 0) is 39.0 Å². The molecule has 0 fully saturated rings. The largest absolute Gasteiger partial charge is 0.444 e. The summed E-state index contributed by atoms with van der Waals surface area (Å²) in [7, 11) is -3.28. The van der Waals surface area contributed by atoms with Crippen LogP contribution in [0.15, 0.2) is 23.1 Å². The molecule has 1 aromatic carbocycles. The van der Waals surface area contributed by atoms with Gasteiger partial charge >= 0.3 is 6.09 Å². The van der Waals surface area contributed by atoms with Crippen LogP contribution in [-0.2, 0) is 14.6 Å². The fourth-order valence-corrected chi connectivity index (χ4v) is 2.26. The summed E-state index contributed by atoms with van der Waals surface area (Å²) in [6.45, 7) is 6.14. The predicted octanol–water partition coefficient (Wildman–Crippen LogP) is 1.61. The normalized spacial score (nSPS) is 11.8. The molecule has 1 rings (SSSR count). The van der Waals surface area contributed by atoms with Crippen LogP contribution in [0.2, 0.25) is 0 Å². The topological polar surface area (TPSA) is 111 Å². The molecule has 0 saturated heterocycles. The highest BCUT2D eigenvalue weighted by Gasteiger charge is 2.15. The summed E-state index contributed by atoms with van der Waals surface area (Å²) in [5, 5.41) is 5.62. The summed E-state index contributed by atoms with van der Waals surface area (Å²) in [4.78, 5) is 11.6. The molecule has 0 saturated carbocycles. The molecule has 7 nitrogen and oxygen atoms in total. The Morgan fingerprint density at radius 1 is 1.27 bits per heavy atom. The molecule has 0 atom stereocenters. The van der Waals surface area contributed by atoms with Crippen LogP contribution in [-0.4, -0.2) is 39.5 Å². The Bertz CT molecular complexity index is 636. The molecule has 0 aliphatic heterocycles. The number of nitrogens with one attached hydrogen (secondary N) is 2. The van der Waals surface area contributed by atoms with Crippen molar-refractivity contribution >= 4 is 27.3 Å². The van der Waals surface area contributed by atoms with Crippen molar-refractivity contribution < 1.29 is 17.9 Å². The maximum Gasteiger partial charge on any atom is 0.407 e. The summed E-state index contributed by atoms with van der Waals surface area (Å²) < 4.78 is 27.9. The number of rotatable bonds is 5. The highest BCUT2D eigenvalue weighted by atomic mass is 32.2. The molecule has 0 heterocycles. The molecule has 1 aromatic rings. The van der Waals surface area contributed by atoms with Gasteiger partial charge in [0, 0.05) is 19.3 Å². The smallest absolute Gasteiger partial charge is 0.407 e. The average molecular weight is 329 g/mol. The third-order valence-corrected chi connectivity index (χ3v) is 3.67. The summed E-state index contributed by atoms with van der Waals surface area (Å²) in [6, 6.07) is 4.48. The average Bonchev–Trinajstić information content (AvgIpc) is 2.32. The van der Waals surface area contributed by atoms with Gasteiger partial charge < -0.3 is 21.1 Å². The minimum atomic E-state index is -3.28. The molecular weight excluding hydrogens is 306 g/mol. The molecule has 0 aliphatic rings. The molecule has 8 heteroatoms. The molecular formula is C14H23N3O4S. The zero-order valence-corrected chi connectivity index (χ0v) is 14.1. The number of carbonyl (C=O) groups is 1. The monoisotopic (exact) mass is 329 g/mol. The molecule has 0 bridgehead atoms. The molecule has 0 spiro atoms. The zero-order chi connectivity index (χ0) is 17.0. The molecule has 0 radical (unpaired) electrons. The van der Waals surface area contributed by atoms with Crippen LogP contribution in [0.4, 0.5) is 16.2 Å². The number of ether oxygens (including phenoxy) is 1. The van der Waals surface area contributed by atoms with E-state index in [2.05, 4.69) is 10.6 Å². The number of anilines is 2. The van der Waals surface area contributed by atoms with Gasteiger partial charge in [-0.25, -0.2) is 13.2 Å². The molecule has 0 unspecified atom stereocenters. The lowest BCUT2D eigenvalue weighted by Gasteiger charge is -2.19. The van der Waals surface area contributed by atoms with E-state index in [1.54, 1.807) is 26.8 Å². The van der Waals surface area contributed by atoms with Crippen molar-refractivity contribution in [3.05, 3.63) is 18.2 Å². The van der Waals surface area contributed by atoms with Crippen molar-refractivity contribution in [1.82, 2.24) is 5.32 Å². The number of alkyl carbamates (subject to hydrolysis) is 1. The lowest BCUT2D eigenvalue weighted by atomic mass is 10.2. The van der Waals surface area contributed by atoms with Gasteiger partial charge in [-0.15, -0.1) is 0 Å². The summed E-state index contributed by atoms with van der Waals surface area (Å²) in [5.74, 6) is 0. The van der Waals surface area contributed by atoms with E-state index in [-0.39, 0.29) is 4.90 Å². The highest BCUT2D eigenvalue weighted by Crippen LogP contribution is 2.22. The van der Waals surface area contributed by atoms with Crippen molar-refractivity contribution in [3.63, 3.8) is 0 Å². The van der Waals surface area contributed by atoms with Crippen molar-refractivity contribution in [1.29, 1.82) is 0 Å². The second kappa shape index (κ2) is 6.87. The van der Waals surface area contributed by atoms with E-state index in [0.29, 0.717) is 24.5 Å². The van der Waals surface area contributed by atoms with E-state index in [9.17, 15) is 13.2 Å². The number of sulfone groups is 1. The van der Waals surface area contributed by atoms with E-state index in [4.69, 9.17) is 10.5 Å². The first kappa shape index (κ1) is 18.1. The van der Waals surface area contributed by atoms with Gasteiger partial charge in [0.25, 0.3) is 0 Å². The molecule has 124 valence electrons. The SMILES string of the molecule is CC(C)(C)OC(=O)NCCNc1ccc(S(C)(=O)=O)cc1N. The lowest BCUT2D eigenvalue weighted by Crippen LogP contribution is -2.35. The minimum Gasteiger partial charge on any atom is -0.444 e. The zero-order valence-electron chi connectivity index (χ0n) is 13.3. The van der Waals surface area contributed by atoms with Crippen LogP contribution in [0.5, 0.6) is 0 Å². The summed E-state index contributed by atoms with van der Waals surface area (Å²) in [6.07, 6.45) is 0.634. The van der Waals surface area contributed by atoms with Crippen LogP contribution in [0.3, 0.4) is 0 Å². The van der Waals surface area contributed by atoms with Gasteiger partial charge in [0.15, 0.2) is 9.84 Å². The molecule has 1 amide bonds. The number of hydrogen-bond acceptors (Lipinski definition) is 6. The van der Waals surface area contributed by atoms with Gasteiger partial charge in [-0.1, -0.05) is 0 Å². The van der Waals surface area contributed by atoms with E-state index >= 15 is 0 Å². The van der Waals surface area contributed by atoms with Crippen LogP contribution < -0.4 is 16.4 Å². The number of hydrogen-bond donors (Lipinski definition) is 3. The maximum atomic E-state index is 11.4. The second-order valence-electron chi connectivity index (χ2n) is 5.88.